The normalized spacial score (nSPS) is 19.0. The summed E-state index contributed by atoms with van der Waals surface area (Å²) >= 11 is 0. The molecule has 2 aliphatic rings. The van der Waals surface area contributed by atoms with E-state index in [0.29, 0.717) is 23.5 Å². The zero-order chi connectivity index (χ0) is 19.4. The van der Waals surface area contributed by atoms with Crippen LogP contribution in [0.1, 0.15) is 56.3 Å². The number of carbonyl (C=O) groups is 3. The molecule has 2 amide bonds. The smallest absolute Gasteiger partial charge is 0.268 e. The number of nitrogens with one attached hydrogen (secondary N) is 1. The minimum Gasteiger partial charge on any atom is -0.479 e. The molecule has 1 aromatic carbocycles. The average Bonchev–Trinajstić information content (AvgIpc) is 2.66. The molecule has 0 saturated heterocycles. The summed E-state index contributed by atoms with van der Waals surface area (Å²) in [7, 11) is 0. The first-order chi connectivity index (χ1) is 13.0. The highest BCUT2D eigenvalue weighted by Gasteiger charge is 2.33. The number of hydrogen-bond acceptors (Lipinski definition) is 4. The first-order valence-corrected chi connectivity index (χ1v) is 9.53. The van der Waals surface area contributed by atoms with Gasteiger partial charge in [0, 0.05) is 12.1 Å². The third-order valence-electron chi connectivity index (χ3n) is 5.03. The third-order valence-corrected chi connectivity index (χ3v) is 5.03. The number of ketones is 1. The topological polar surface area (TPSA) is 75.7 Å². The van der Waals surface area contributed by atoms with Gasteiger partial charge in [0.1, 0.15) is 12.3 Å². The number of anilines is 1. The van der Waals surface area contributed by atoms with Crippen molar-refractivity contribution in [3.05, 3.63) is 35.4 Å². The zero-order valence-corrected chi connectivity index (χ0v) is 15.9. The lowest BCUT2D eigenvalue weighted by Gasteiger charge is -2.32. The zero-order valence-electron chi connectivity index (χ0n) is 15.9. The van der Waals surface area contributed by atoms with E-state index >= 15 is 0 Å². The van der Waals surface area contributed by atoms with Gasteiger partial charge in [0.25, 0.3) is 5.91 Å². The molecule has 1 aromatic rings. The van der Waals surface area contributed by atoms with Gasteiger partial charge in [-0.05, 0) is 64.2 Å². The lowest BCUT2D eigenvalue weighted by molar-refractivity contribution is -0.128. The van der Waals surface area contributed by atoms with Gasteiger partial charge in [-0.15, -0.1) is 0 Å². The number of benzene rings is 1. The van der Waals surface area contributed by atoms with Crippen molar-refractivity contribution in [1.29, 1.82) is 0 Å². The maximum Gasteiger partial charge on any atom is 0.268 e. The number of rotatable bonds is 6. The van der Waals surface area contributed by atoms with Crippen molar-refractivity contribution in [2.75, 3.05) is 18.0 Å². The molecular formula is C21H26N2O4. The molecular weight excluding hydrogens is 344 g/mol. The lowest BCUT2D eigenvalue weighted by atomic mass is 9.97. The Balaban J connectivity index is 1.66. The maximum absolute atomic E-state index is 12.6. The maximum atomic E-state index is 12.6. The van der Waals surface area contributed by atoms with Crippen LogP contribution in [0.25, 0.3) is 0 Å². The molecule has 1 heterocycles. The van der Waals surface area contributed by atoms with Gasteiger partial charge in [-0.1, -0.05) is 11.6 Å². The quantitative estimate of drug-likeness (QED) is 0.617. The van der Waals surface area contributed by atoms with Crippen LogP contribution >= 0.6 is 0 Å². The molecule has 1 aliphatic heterocycles. The number of allylic oxidation sites excluding steroid dienone is 1. The van der Waals surface area contributed by atoms with Gasteiger partial charge in [0.2, 0.25) is 5.91 Å². The molecule has 0 spiro atoms. The summed E-state index contributed by atoms with van der Waals surface area (Å²) in [6.07, 6.45) is 7.15. The largest absolute Gasteiger partial charge is 0.479 e. The minimum atomic E-state index is -0.666. The molecule has 1 N–H and O–H groups in total. The molecule has 0 fully saturated rings. The number of Topliss-reactive ketones (excluding diaryl/α,β-unsaturated/α-hetero) is 1. The lowest BCUT2D eigenvalue weighted by Crippen LogP contribution is -2.49. The number of carbonyl (C=O) groups excluding carboxylic acids is 3. The van der Waals surface area contributed by atoms with Crippen LogP contribution in [-0.4, -0.2) is 36.8 Å². The van der Waals surface area contributed by atoms with Crippen molar-refractivity contribution >= 4 is 23.3 Å². The van der Waals surface area contributed by atoms with Crippen LogP contribution in [0.2, 0.25) is 0 Å². The van der Waals surface area contributed by atoms with E-state index in [1.807, 2.05) is 0 Å². The molecule has 144 valence electrons. The third kappa shape index (κ3) is 4.56. The molecule has 6 nitrogen and oxygen atoms in total. The molecule has 1 unspecified atom stereocenters. The fourth-order valence-electron chi connectivity index (χ4n) is 3.48. The molecule has 1 atom stereocenters. The molecule has 3 rings (SSSR count). The molecule has 6 heteroatoms. The highest BCUT2D eigenvalue weighted by molar-refractivity contribution is 6.05. The van der Waals surface area contributed by atoms with Crippen molar-refractivity contribution in [2.24, 2.45) is 0 Å². The Labute approximate surface area is 159 Å². The number of ether oxygens (including phenoxy) is 1. The SMILES string of the molecule is CC(=O)c1ccc2c(c1)N(CC(=O)NCCC1=CCCCC1)C(=O)C(C)O2. The van der Waals surface area contributed by atoms with Gasteiger partial charge in [0.15, 0.2) is 11.9 Å². The van der Waals surface area contributed by atoms with E-state index in [4.69, 9.17) is 4.74 Å². The number of nitrogens with zero attached hydrogens (tertiary/aromatic N) is 1. The van der Waals surface area contributed by atoms with Crippen LogP contribution in [0.15, 0.2) is 29.8 Å². The van der Waals surface area contributed by atoms with Crippen molar-refractivity contribution < 1.29 is 19.1 Å². The van der Waals surface area contributed by atoms with E-state index in [0.717, 1.165) is 19.3 Å². The van der Waals surface area contributed by atoms with Crippen LogP contribution in [0.5, 0.6) is 5.75 Å². The highest BCUT2D eigenvalue weighted by Crippen LogP contribution is 2.34. The molecule has 0 aromatic heterocycles. The predicted molar refractivity (Wildman–Crippen MR) is 103 cm³/mol. The monoisotopic (exact) mass is 370 g/mol. The Morgan fingerprint density at radius 1 is 1.30 bits per heavy atom. The van der Waals surface area contributed by atoms with Crippen molar-refractivity contribution in [3.63, 3.8) is 0 Å². The van der Waals surface area contributed by atoms with E-state index in [1.54, 1.807) is 25.1 Å². The van der Waals surface area contributed by atoms with Crippen LogP contribution < -0.4 is 15.0 Å². The Morgan fingerprint density at radius 2 is 2.11 bits per heavy atom. The summed E-state index contributed by atoms with van der Waals surface area (Å²) in [5.41, 5.74) is 2.35. The van der Waals surface area contributed by atoms with Crippen LogP contribution in [0, 0.1) is 0 Å². The number of amides is 2. The summed E-state index contributed by atoms with van der Waals surface area (Å²) < 4.78 is 5.61. The van der Waals surface area contributed by atoms with Crippen molar-refractivity contribution in [3.8, 4) is 5.75 Å². The molecule has 0 radical (unpaired) electrons. The standard InChI is InChI=1S/C21H26N2O4/c1-14(24)17-8-9-19-18(12-17)23(21(26)15(2)27-19)13-20(25)22-11-10-16-6-4-3-5-7-16/h6,8-9,12,15H,3-5,7,10-11,13H2,1-2H3,(H,22,25). The number of fused-ring (bicyclic) bond motifs is 1. The number of hydrogen-bond donors (Lipinski definition) is 1. The Kier molecular flexibility index (Phi) is 5.94. The van der Waals surface area contributed by atoms with Crippen LogP contribution in [0.3, 0.4) is 0 Å². The summed E-state index contributed by atoms with van der Waals surface area (Å²) in [4.78, 5) is 38.0. The van der Waals surface area contributed by atoms with E-state index in [2.05, 4.69) is 11.4 Å². The van der Waals surface area contributed by atoms with Crippen LogP contribution in [-0.2, 0) is 9.59 Å². The molecule has 0 bridgehead atoms. The van der Waals surface area contributed by atoms with E-state index in [1.165, 1.54) is 30.2 Å². The Morgan fingerprint density at radius 3 is 2.81 bits per heavy atom. The van der Waals surface area contributed by atoms with Crippen molar-refractivity contribution in [1.82, 2.24) is 5.32 Å². The molecule has 0 saturated carbocycles. The Bertz CT molecular complexity index is 784. The van der Waals surface area contributed by atoms with Crippen molar-refractivity contribution in [2.45, 2.75) is 52.1 Å². The first kappa shape index (κ1) is 19.1. The first-order valence-electron chi connectivity index (χ1n) is 9.53. The second kappa shape index (κ2) is 8.37. The predicted octanol–water partition coefficient (Wildman–Crippen LogP) is 3.01. The average molecular weight is 370 g/mol. The second-order valence-electron chi connectivity index (χ2n) is 7.13. The Hall–Kier alpha value is -2.63. The van der Waals surface area contributed by atoms with E-state index in [9.17, 15) is 14.4 Å². The van der Waals surface area contributed by atoms with E-state index < -0.39 is 6.10 Å². The minimum absolute atomic E-state index is 0.0834. The van der Waals surface area contributed by atoms with Gasteiger partial charge < -0.3 is 10.1 Å². The van der Waals surface area contributed by atoms with Crippen LogP contribution in [0.4, 0.5) is 5.69 Å². The summed E-state index contributed by atoms with van der Waals surface area (Å²) in [5, 5.41) is 2.90. The highest BCUT2D eigenvalue weighted by atomic mass is 16.5. The summed E-state index contributed by atoms with van der Waals surface area (Å²) in [6, 6.07) is 4.96. The molecule has 27 heavy (non-hydrogen) atoms. The fourth-order valence-corrected chi connectivity index (χ4v) is 3.48. The van der Waals surface area contributed by atoms with Gasteiger partial charge in [-0.2, -0.15) is 0 Å². The van der Waals surface area contributed by atoms with E-state index in [-0.39, 0.29) is 24.1 Å². The van der Waals surface area contributed by atoms with Gasteiger partial charge >= 0.3 is 0 Å². The van der Waals surface area contributed by atoms with Gasteiger partial charge in [-0.25, -0.2) is 0 Å². The molecule has 1 aliphatic carbocycles. The summed E-state index contributed by atoms with van der Waals surface area (Å²) in [5.74, 6) is -0.0948. The second-order valence-corrected chi connectivity index (χ2v) is 7.13. The fraction of sp³-hybridized carbons (Fsp3) is 0.476. The van der Waals surface area contributed by atoms with Gasteiger partial charge in [0.05, 0.1) is 5.69 Å². The van der Waals surface area contributed by atoms with Gasteiger partial charge in [-0.3, -0.25) is 19.3 Å². The summed E-state index contributed by atoms with van der Waals surface area (Å²) in [6.45, 7) is 3.61.